The van der Waals surface area contributed by atoms with Crippen molar-refractivity contribution in [3.05, 3.63) is 48.4 Å². The Morgan fingerprint density at radius 2 is 1.83 bits per heavy atom. The summed E-state index contributed by atoms with van der Waals surface area (Å²) in [6.45, 7) is 4.34. The lowest BCUT2D eigenvalue weighted by atomic mass is 10.0. The average molecular weight is 245 g/mol. The summed E-state index contributed by atoms with van der Waals surface area (Å²) in [6.07, 6.45) is 1.71. The van der Waals surface area contributed by atoms with Crippen molar-refractivity contribution in [3.63, 3.8) is 0 Å². The summed E-state index contributed by atoms with van der Waals surface area (Å²) in [5.41, 5.74) is 1.06. The molecule has 0 saturated heterocycles. The molecule has 2 rings (SSSR count). The number of nitrogens with one attached hydrogen (secondary N) is 1. The van der Waals surface area contributed by atoms with Gasteiger partial charge in [-0.05, 0) is 42.3 Å². The molecular formula is C15H19NO2. The number of hydrogen-bond donors (Lipinski definition) is 1. The van der Waals surface area contributed by atoms with E-state index in [0.717, 1.165) is 17.2 Å². The van der Waals surface area contributed by atoms with Gasteiger partial charge in [-0.2, -0.15) is 0 Å². The van der Waals surface area contributed by atoms with Gasteiger partial charge < -0.3 is 14.5 Å². The van der Waals surface area contributed by atoms with E-state index in [2.05, 4.69) is 19.2 Å². The van der Waals surface area contributed by atoms with Crippen LogP contribution in [0.15, 0.2) is 47.1 Å². The van der Waals surface area contributed by atoms with Crippen LogP contribution in [0.4, 0.5) is 5.69 Å². The number of furan rings is 1. The number of anilines is 1. The van der Waals surface area contributed by atoms with E-state index in [-0.39, 0.29) is 6.04 Å². The van der Waals surface area contributed by atoms with E-state index in [0.29, 0.717) is 5.92 Å². The summed E-state index contributed by atoms with van der Waals surface area (Å²) in [4.78, 5) is 0. The van der Waals surface area contributed by atoms with E-state index in [1.165, 1.54) is 0 Å². The molecule has 1 aromatic carbocycles. The lowest BCUT2D eigenvalue weighted by molar-refractivity contribution is 0.414. The first-order valence-electron chi connectivity index (χ1n) is 6.14. The molecule has 0 radical (unpaired) electrons. The quantitative estimate of drug-likeness (QED) is 0.861. The maximum Gasteiger partial charge on any atom is 0.126 e. The van der Waals surface area contributed by atoms with Crippen molar-refractivity contribution >= 4 is 5.69 Å². The minimum absolute atomic E-state index is 0.174. The summed E-state index contributed by atoms with van der Waals surface area (Å²) in [6, 6.07) is 12.0. The van der Waals surface area contributed by atoms with Gasteiger partial charge in [0.1, 0.15) is 11.5 Å². The molecule has 1 aromatic heterocycles. The van der Waals surface area contributed by atoms with Crippen LogP contribution in [0.5, 0.6) is 5.75 Å². The standard InChI is InChI=1S/C15H19NO2/c1-11(2)15(14-5-4-10-18-14)16-12-6-8-13(17-3)9-7-12/h4-11,15-16H,1-3H3/t15-/m0/s1. The van der Waals surface area contributed by atoms with Gasteiger partial charge in [0, 0.05) is 5.69 Å². The fraction of sp³-hybridized carbons (Fsp3) is 0.333. The van der Waals surface area contributed by atoms with Crippen LogP contribution in [0.25, 0.3) is 0 Å². The summed E-state index contributed by atoms with van der Waals surface area (Å²) in [5, 5.41) is 3.48. The third kappa shape index (κ3) is 2.86. The third-order valence-electron chi connectivity index (χ3n) is 2.93. The highest BCUT2D eigenvalue weighted by Gasteiger charge is 2.18. The van der Waals surface area contributed by atoms with Crippen LogP contribution in [0, 0.1) is 5.92 Å². The molecule has 0 bridgehead atoms. The molecule has 0 aliphatic carbocycles. The van der Waals surface area contributed by atoms with Crippen molar-refractivity contribution in [2.24, 2.45) is 5.92 Å². The van der Waals surface area contributed by atoms with Gasteiger partial charge in [-0.15, -0.1) is 0 Å². The Labute approximate surface area is 108 Å². The van der Waals surface area contributed by atoms with Crippen LogP contribution >= 0.6 is 0 Å². The number of methoxy groups -OCH3 is 1. The maximum atomic E-state index is 5.49. The molecular weight excluding hydrogens is 226 g/mol. The highest BCUT2D eigenvalue weighted by molar-refractivity contribution is 5.47. The highest BCUT2D eigenvalue weighted by atomic mass is 16.5. The topological polar surface area (TPSA) is 34.4 Å². The first-order valence-corrected chi connectivity index (χ1v) is 6.14. The van der Waals surface area contributed by atoms with E-state index in [9.17, 15) is 0 Å². The second kappa shape index (κ2) is 5.63. The predicted molar refractivity (Wildman–Crippen MR) is 72.9 cm³/mol. The molecule has 0 aliphatic heterocycles. The van der Waals surface area contributed by atoms with Gasteiger partial charge in [0.2, 0.25) is 0 Å². The van der Waals surface area contributed by atoms with E-state index in [1.807, 2.05) is 36.4 Å². The molecule has 0 aliphatic rings. The SMILES string of the molecule is COc1ccc(N[C@H](c2ccco2)C(C)C)cc1. The Kier molecular flexibility index (Phi) is 3.92. The molecule has 1 heterocycles. The van der Waals surface area contributed by atoms with Gasteiger partial charge in [-0.3, -0.25) is 0 Å². The zero-order valence-electron chi connectivity index (χ0n) is 11.0. The van der Waals surface area contributed by atoms with Crippen molar-refractivity contribution in [2.75, 3.05) is 12.4 Å². The van der Waals surface area contributed by atoms with Gasteiger partial charge in [0.05, 0.1) is 19.4 Å². The Hall–Kier alpha value is -1.90. The fourth-order valence-electron chi connectivity index (χ4n) is 1.90. The van der Waals surface area contributed by atoms with Crippen molar-refractivity contribution in [2.45, 2.75) is 19.9 Å². The summed E-state index contributed by atoms with van der Waals surface area (Å²) < 4.78 is 10.6. The minimum atomic E-state index is 0.174. The molecule has 0 saturated carbocycles. The smallest absolute Gasteiger partial charge is 0.126 e. The Morgan fingerprint density at radius 3 is 2.33 bits per heavy atom. The molecule has 3 nitrogen and oxygen atoms in total. The van der Waals surface area contributed by atoms with Crippen molar-refractivity contribution in [3.8, 4) is 5.75 Å². The molecule has 0 amide bonds. The number of hydrogen-bond acceptors (Lipinski definition) is 3. The van der Waals surface area contributed by atoms with Gasteiger partial charge in [0.25, 0.3) is 0 Å². The van der Waals surface area contributed by atoms with E-state index in [4.69, 9.17) is 9.15 Å². The largest absolute Gasteiger partial charge is 0.497 e. The average Bonchev–Trinajstić information content (AvgIpc) is 2.90. The fourth-order valence-corrected chi connectivity index (χ4v) is 1.90. The van der Waals surface area contributed by atoms with Crippen molar-refractivity contribution in [1.29, 1.82) is 0 Å². The number of benzene rings is 1. The highest BCUT2D eigenvalue weighted by Crippen LogP contribution is 2.27. The predicted octanol–water partition coefficient (Wildman–Crippen LogP) is 4.10. The minimum Gasteiger partial charge on any atom is -0.497 e. The van der Waals surface area contributed by atoms with Gasteiger partial charge in [-0.1, -0.05) is 13.8 Å². The molecule has 18 heavy (non-hydrogen) atoms. The van der Waals surface area contributed by atoms with Crippen LogP contribution in [0.1, 0.15) is 25.6 Å². The van der Waals surface area contributed by atoms with Gasteiger partial charge in [0.15, 0.2) is 0 Å². The van der Waals surface area contributed by atoms with Crippen molar-refractivity contribution in [1.82, 2.24) is 0 Å². The van der Waals surface area contributed by atoms with Crippen LogP contribution in [0.3, 0.4) is 0 Å². The van der Waals surface area contributed by atoms with Crippen LogP contribution in [0.2, 0.25) is 0 Å². The molecule has 1 atom stereocenters. The Balaban J connectivity index is 2.13. The molecule has 0 unspecified atom stereocenters. The van der Waals surface area contributed by atoms with Crippen molar-refractivity contribution < 1.29 is 9.15 Å². The zero-order chi connectivity index (χ0) is 13.0. The molecule has 3 heteroatoms. The van der Waals surface area contributed by atoms with Crippen LogP contribution in [-0.2, 0) is 0 Å². The Morgan fingerprint density at radius 1 is 1.11 bits per heavy atom. The number of ether oxygens (including phenoxy) is 1. The number of rotatable bonds is 5. The molecule has 0 spiro atoms. The van der Waals surface area contributed by atoms with Gasteiger partial charge in [-0.25, -0.2) is 0 Å². The monoisotopic (exact) mass is 245 g/mol. The van der Waals surface area contributed by atoms with Gasteiger partial charge >= 0.3 is 0 Å². The van der Waals surface area contributed by atoms with E-state index >= 15 is 0 Å². The maximum absolute atomic E-state index is 5.49. The summed E-state index contributed by atoms with van der Waals surface area (Å²) in [5.74, 6) is 2.26. The second-order valence-electron chi connectivity index (χ2n) is 4.61. The molecule has 0 fully saturated rings. The van der Waals surface area contributed by atoms with Crippen LogP contribution in [-0.4, -0.2) is 7.11 Å². The molecule has 96 valence electrons. The van der Waals surface area contributed by atoms with E-state index in [1.54, 1.807) is 13.4 Å². The zero-order valence-corrected chi connectivity index (χ0v) is 11.0. The third-order valence-corrected chi connectivity index (χ3v) is 2.93. The molecule has 1 N–H and O–H groups in total. The summed E-state index contributed by atoms with van der Waals surface area (Å²) >= 11 is 0. The first-order chi connectivity index (χ1) is 8.70. The summed E-state index contributed by atoms with van der Waals surface area (Å²) in [7, 11) is 1.67. The van der Waals surface area contributed by atoms with E-state index < -0.39 is 0 Å². The lowest BCUT2D eigenvalue weighted by Crippen LogP contribution is -2.16. The molecule has 2 aromatic rings. The van der Waals surface area contributed by atoms with Crippen LogP contribution < -0.4 is 10.1 Å². The first kappa shape index (κ1) is 12.6. The normalized spacial score (nSPS) is 12.4. The Bertz CT molecular complexity index is 460. The lowest BCUT2D eigenvalue weighted by Gasteiger charge is -2.21. The second-order valence-corrected chi connectivity index (χ2v) is 4.61.